The zero-order chi connectivity index (χ0) is 24.6. The van der Waals surface area contributed by atoms with Crippen molar-refractivity contribution in [1.82, 2.24) is 4.57 Å². The number of sulfonamides is 1. The number of nitrogens with one attached hydrogen (secondary N) is 1. The molecule has 1 amide bonds. The van der Waals surface area contributed by atoms with Gasteiger partial charge in [0, 0.05) is 18.3 Å². The Morgan fingerprint density at radius 2 is 1.74 bits per heavy atom. The van der Waals surface area contributed by atoms with E-state index in [0.717, 1.165) is 38.2 Å². The molecule has 176 valence electrons. The van der Waals surface area contributed by atoms with Crippen LogP contribution in [0.2, 0.25) is 0 Å². The molecule has 4 rings (SSSR count). The van der Waals surface area contributed by atoms with Gasteiger partial charge in [-0.25, -0.2) is 8.42 Å². The summed E-state index contributed by atoms with van der Waals surface area (Å²) in [4.78, 5) is 24.5. The SMILES string of the molecule is Cc1ccc(C)c(N(Cc2ccc(C(=O)Nc3ccc4c(c3)sc(=O)n4C)cc2)S(C)(=O)=O)c1. The molecular weight excluding hydrogens is 470 g/mol. The molecule has 7 nitrogen and oxygen atoms in total. The maximum Gasteiger partial charge on any atom is 0.307 e. The minimum atomic E-state index is -3.51. The van der Waals surface area contributed by atoms with E-state index in [1.165, 1.54) is 10.6 Å². The fourth-order valence-corrected chi connectivity index (χ4v) is 5.57. The first-order valence-electron chi connectivity index (χ1n) is 10.6. The Bertz CT molecular complexity index is 1550. The third-order valence-electron chi connectivity index (χ3n) is 5.63. The first-order valence-corrected chi connectivity index (χ1v) is 13.2. The van der Waals surface area contributed by atoms with Gasteiger partial charge in [0.1, 0.15) is 0 Å². The molecule has 0 spiro atoms. The molecular formula is C25H25N3O4S2. The Balaban J connectivity index is 1.53. The number of benzene rings is 3. The summed E-state index contributed by atoms with van der Waals surface area (Å²) in [6, 6.07) is 17.9. The molecule has 1 heterocycles. The number of thiazole rings is 1. The summed E-state index contributed by atoms with van der Waals surface area (Å²) in [5.74, 6) is -0.288. The summed E-state index contributed by atoms with van der Waals surface area (Å²) >= 11 is 1.13. The fourth-order valence-electron chi connectivity index (χ4n) is 3.71. The topological polar surface area (TPSA) is 88.5 Å². The van der Waals surface area contributed by atoms with Crippen LogP contribution < -0.4 is 14.5 Å². The van der Waals surface area contributed by atoms with Crippen molar-refractivity contribution in [3.63, 3.8) is 0 Å². The molecule has 0 aliphatic rings. The zero-order valence-corrected chi connectivity index (χ0v) is 21.0. The van der Waals surface area contributed by atoms with Gasteiger partial charge in [-0.05, 0) is 66.9 Å². The summed E-state index contributed by atoms with van der Waals surface area (Å²) in [5.41, 5.74) is 5.11. The lowest BCUT2D eigenvalue weighted by Crippen LogP contribution is -2.30. The molecule has 0 aliphatic heterocycles. The van der Waals surface area contributed by atoms with Crippen molar-refractivity contribution in [2.45, 2.75) is 20.4 Å². The number of aromatic nitrogens is 1. The summed E-state index contributed by atoms with van der Waals surface area (Å²) in [6.45, 7) is 3.97. The molecule has 0 saturated carbocycles. The van der Waals surface area contributed by atoms with Gasteiger partial charge in [-0.3, -0.25) is 13.9 Å². The molecule has 0 saturated heterocycles. The molecule has 1 N–H and O–H groups in total. The molecule has 34 heavy (non-hydrogen) atoms. The number of fused-ring (bicyclic) bond motifs is 1. The monoisotopic (exact) mass is 495 g/mol. The highest BCUT2D eigenvalue weighted by Gasteiger charge is 2.20. The normalized spacial score (nSPS) is 11.5. The molecule has 4 aromatic rings. The van der Waals surface area contributed by atoms with Crippen molar-refractivity contribution >= 4 is 48.9 Å². The predicted octanol–water partition coefficient (Wildman–Crippen LogP) is 4.44. The Hall–Kier alpha value is -3.43. The number of amides is 1. The Morgan fingerprint density at radius 3 is 2.41 bits per heavy atom. The van der Waals surface area contributed by atoms with Gasteiger partial charge in [-0.2, -0.15) is 0 Å². The minimum absolute atomic E-state index is 0.0574. The summed E-state index contributed by atoms with van der Waals surface area (Å²) in [5, 5.41) is 2.85. The Morgan fingerprint density at radius 1 is 1.03 bits per heavy atom. The van der Waals surface area contributed by atoms with Gasteiger partial charge in [0.15, 0.2) is 0 Å². The molecule has 1 aromatic heterocycles. The smallest absolute Gasteiger partial charge is 0.307 e. The maximum atomic E-state index is 12.7. The second-order valence-electron chi connectivity index (χ2n) is 8.32. The van der Waals surface area contributed by atoms with Crippen LogP contribution in [0.1, 0.15) is 27.0 Å². The Labute approximate surface area is 202 Å². The quantitative estimate of drug-likeness (QED) is 0.428. The molecule has 0 atom stereocenters. The lowest BCUT2D eigenvalue weighted by molar-refractivity contribution is 0.102. The van der Waals surface area contributed by atoms with Crippen molar-refractivity contribution in [2.24, 2.45) is 7.05 Å². The van der Waals surface area contributed by atoms with E-state index in [4.69, 9.17) is 0 Å². The van der Waals surface area contributed by atoms with Crippen LogP contribution >= 0.6 is 11.3 Å². The highest BCUT2D eigenvalue weighted by Crippen LogP contribution is 2.26. The van der Waals surface area contributed by atoms with E-state index >= 15 is 0 Å². The number of nitrogens with zero attached hydrogens (tertiary/aromatic N) is 2. The van der Waals surface area contributed by atoms with Gasteiger partial charge >= 0.3 is 4.87 Å². The number of hydrogen-bond donors (Lipinski definition) is 1. The van der Waals surface area contributed by atoms with Gasteiger partial charge in [-0.1, -0.05) is 35.6 Å². The summed E-state index contributed by atoms with van der Waals surface area (Å²) < 4.78 is 28.8. The number of carbonyl (C=O) groups excluding carboxylic acids is 1. The molecule has 0 bridgehead atoms. The van der Waals surface area contributed by atoms with Crippen LogP contribution in [0.25, 0.3) is 10.2 Å². The van der Waals surface area contributed by atoms with Gasteiger partial charge in [0.05, 0.1) is 28.7 Å². The molecule has 3 aromatic carbocycles. The number of aryl methyl sites for hydroxylation is 3. The van der Waals surface area contributed by atoms with Gasteiger partial charge in [0.2, 0.25) is 10.0 Å². The number of rotatable bonds is 6. The van der Waals surface area contributed by atoms with Crippen molar-refractivity contribution in [2.75, 3.05) is 15.9 Å². The molecule has 9 heteroatoms. The van der Waals surface area contributed by atoms with Crippen LogP contribution in [0.5, 0.6) is 0 Å². The van der Waals surface area contributed by atoms with E-state index in [9.17, 15) is 18.0 Å². The summed E-state index contributed by atoms with van der Waals surface area (Å²) in [7, 11) is -1.80. The van der Waals surface area contributed by atoms with E-state index in [1.807, 2.05) is 32.0 Å². The summed E-state index contributed by atoms with van der Waals surface area (Å²) in [6.07, 6.45) is 1.19. The third-order valence-corrected chi connectivity index (χ3v) is 7.75. The third kappa shape index (κ3) is 4.90. The van der Waals surface area contributed by atoms with Gasteiger partial charge in [0.25, 0.3) is 5.91 Å². The van der Waals surface area contributed by atoms with Crippen LogP contribution in [-0.4, -0.2) is 25.1 Å². The number of hydrogen-bond acceptors (Lipinski definition) is 5. The minimum Gasteiger partial charge on any atom is -0.322 e. The van der Waals surface area contributed by atoms with Crippen molar-refractivity contribution < 1.29 is 13.2 Å². The fraction of sp³-hybridized carbons (Fsp3) is 0.200. The van der Waals surface area contributed by atoms with E-state index in [2.05, 4.69) is 5.32 Å². The van der Waals surface area contributed by atoms with Crippen LogP contribution in [-0.2, 0) is 23.6 Å². The highest BCUT2D eigenvalue weighted by molar-refractivity contribution is 7.92. The van der Waals surface area contributed by atoms with Gasteiger partial charge in [-0.15, -0.1) is 0 Å². The first kappa shape index (κ1) is 23.7. The van der Waals surface area contributed by atoms with Gasteiger partial charge < -0.3 is 9.88 Å². The number of carbonyl (C=O) groups is 1. The molecule has 0 fully saturated rings. The Kier molecular flexibility index (Phi) is 6.33. The van der Waals surface area contributed by atoms with Crippen LogP contribution in [0, 0.1) is 13.8 Å². The average molecular weight is 496 g/mol. The lowest BCUT2D eigenvalue weighted by atomic mass is 10.1. The van der Waals surface area contributed by atoms with E-state index < -0.39 is 10.0 Å². The highest BCUT2D eigenvalue weighted by atomic mass is 32.2. The standard InChI is InChI=1S/C25H25N3O4S2/c1-16-5-6-17(2)22(13-16)28(34(4,31)32)15-18-7-9-19(10-8-18)24(29)26-20-11-12-21-23(14-20)33-25(30)27(21)3/h5-14H,15H2,1-4H3,(H,26,29). The first-order chi connectivity index (χ1) is 16.0. The van der Waals surface area contributed by atoms with Crippen molar-refractivity contribution in [3.8, 4) is 0 Å². The van der Waals surface area contributed by atoms with E-state index in [-0.39, 0.29) is 17.3 Å². The van der Waals surface area contributed by atoms with Crippen LogP contribution in [0.15, 0.2) is 65.5 Å². The second kappa shape index (κ2) is 9.08. The largest absolute Gasteiger partial charge is 0.322 e. The predicted molar refractivity (Wildman–Crippen MR) is 138 cm³/mol. The number of anilines is 2. The van der Waals surface area contributed by atoms with E-state index in [0.29, 0.717) is 16.9 Å². The molecule has 0 aliphatic carbocycles. The maximum absolute atomic E-state index is 12.7. The van der Waals surface area contributed by atoms with Crippen molar-refractivity contribution in [3.05, 3.63) is 92.6 Å². The average Bonchev–Trinajstić information content (AvgIpc) is 3.06. The van der Waals surface area contributed by atoms with Crippen LogP contribution in [0.3, 0.4) is 0 Å². The zero-order valence-electron chi connectivity index (χ0n) is 19.3. The second-order valence-corrected chi connectivity index (χ2v) is 11.2. The molecule has 0 unspecified atom stereocenters. The lowest BCUT2D eigenvalue weighted by Gasteiger charge is -2.25. The van der Waals surface area contributed by atoms with Crippen molar-refractivity contribution in [1.29, 1.82) is 0 Å². The van der Waals surface area contributed by atoms with E-state index in [1.54, 1.807) is 54.1 Å². The van der Waals surface area contributed by atoms with Crippen LogP contribution in [0.4, 0.5) is 11.4 Å². The molecule has 0 radical (unpaired) electrons.